The molecule has 2 aromatic carbocycles. The normalized spacial score (nSPS) is 30.2. The van der Waals surface area contributed by atoms with Crippen molar-refractivity contribution in [3.63, 3.8) is 0 Å². The number of nitrogens with zero attached hydrogens (tertiary/aromatic N) is 1. The van der Waals surface area contributed by atoms with Crippen molar-refractivity contribution in [2.45, 2.75) is 126 Å². The minimum atomic E-state index is -2.38. The fraction of sp³-hybridized carbons (Fsp3) is 0.578. The molecule has 8 rings (SSSR count). The molecule has 6 aliphatic rings. The van der Waals surface area contributed by atoms with Crippen LogP contribution in [0.15, 0.2) is 60.7 Å². The fourth-order valence-electron chi connectivity index (χ4n) is 9.21. The molecule has 1 unspecified atom stereocenters. The predicted octanol–water partition coefficient (Wildman–Crippen LogP) is 8.56. The van der Waals surface area contributed by atoms with E-state index < -0.39 is 26.1 Å². The summed E-state index contributed by atoms with van der Waals surface area (Å²) in [6, 6.07) is 16.2. The van der Waals surface area contributed by atoms with Crippen LogP contribution in [0.25, 0.3) is 0 Å². The number of hydrogen-bond donors (Lipinski definition) is 0. The number of amides is 1. The van der Waals surface area contributed by atoms with Gasteiger partial charge in [-0.05, 0) is 19.3 Å². The number of carbonyl (C=O) groups is 1. The Morgan fingerprint density at radius 1 is 1.00 bits per heavy atom. The van der Waals surface area contributed by atoms with Crippen LogP contribution in [-0.2, 0) is 18.6 Å². The molecule has 1 saturated heterocycles. The molecule has 0 aromatic heterocycles. The number of rotatable bonds is 8. The van der Waals surface area contributed by atoms with Gasteiger partial charge in [0.2, 0.25) is 0 Å². The zero-order valence-electron chi connectivity index (χ0n) is 32.9. The molecule has 0 N–H and O–H groups in total. The SMILES string of the molecule is COc1ccc2c(c1)[C@H]([Se]c1ccccc1)[C@@H](O[Si](C)(C)C(C)(C)C)[C@H](C#C/C=C\C#CCOC1CCCCO1)N2C(=O)OC12CC3CC(CC(C3)C1)C2. The standard InChI is InChI=1S/C45H57NO6SeSi/c1-44(2,3)54(5,6)52-41-39(19-13-8-7-9-15-23-49-40-20-14-16-24-50-40)46(43(47)51-45-29-32-25-33(30-45)27-34(26-32)31-45)38-22-21-35(48-4)28-37(38)42(41)53-36-17-11-10-12-18-36/h7-8,10-12,17-18,21-22,28,32-34,39-42H,14,16,20,23-27,29-31H2,1-6H3/b8-7-/t32?,33?,34?,39-,40?,41-,42-,45?/m0/s1. The van der Waals surface area contributed by atoms with E-state index in [4.69, 9.17) is 23.4 Å². The number of carbonyl (C=O) groups excluding carboxylic acids is 1. The van der Waals surface area contributed by atoms with E-state index >= 15 is 4.79 Å². The Morgan fingerprint density at radius 2 is 1.70 bits per heavy atom. The Kier molecular flexibility index (Phi) is 12.1. The molecule has 1 amide bonds. The van der Waals surface area contributed by atoms with Crippen LogP contribution in [-0.4, -0.2) is 73.7 Å². The Morgan fingerprint density at radius 3 is 2.35 bits per heavy atom. The number of methoxy groups -OCH3 is 1. The second-order valence-corrected chi connectivity index (χ2v) is 24.8. The van der Waals surface area contributed by atoms with Crippen LogP contribution < -0.4 is 14.1 Å². The van der Waals surface area contributed by atoms with Crippen LogP contribution in [0.1, 0.15) is 88.9 Å². The fourth-order valence-corrected chi connectivity index (χ4v) is 13.4. The van der Waals surface area contributed by atoms with E-state index in [1.807, 2.05) is 17.0 Å². The van der Waals surface area contributed by atoms with Gasteiger partial charge in [0.05, 0.1) is 0 Å². The first kappa shape index (κ1) is 39.2. The van der Waals surface area contributed by atoms with Crippen molar-refractivity contribution in [2.24, 2.45) is 17.8 Å². The molecule has 4 saturated carbocycles. The van der Waals surface area contributed by atoms with E-state index in [9.17, 15) is 0 Å². The summed E-state index contributed by atoms with van der Waals surface area (Å²) in [7, 11) is -0.686. The average Bonchev–Trinajstić information content (AvgIpc) is 3.13. The number of ether oxygens (including phenoxy) is 4. The molecule has 7 nitrogen and oxygen atoms in total. The molecule has 0 radical (unpaired) electrons. The molecule has 4 aliphatic carbocycles. The number of benzene rings is 2. The van der Waals surface area contributed by atoms with E-state index in [0.29, 0.717) is 24.4 Å². The molecule has 9 heteroatoms. The Labute approximate surface area is 330 Å². The predicted molar refractivity (Wildman–Crippen MR) is 218 cm³/mol. The van der Waals surface area contributed by atoms with Crippen LogP contribution in [0.3, 0.4) is 0 Å². The minimum absolute atomic E-state index is 0.0371. The third-order valence-electron chi connectivity index (χ3n) is 12.5. The molecule has 2 aliphatic heterocycles. The second kappa shape index (κ2) is 16.6. The van der Waals surface area contributed by atoms with Gasteiger partial charge in [0.1, 0.15) is 0 Å². The molecule has 2 heterocycles. The average molecular weight is 815 g/mol. The van der Waals surface area contributed by atoms with Gasteiger partial charge in [-0.15, -0.1) is 0 Å². The molecular formula is C45H57NO6SeSi. The number of fused-ring (bicyclic) bond motifs is 1. The molecule has 54 heavy (non-hydrogen) atoms. The molecule has 5 fully saturated rings. The van der Waals surface area contributed by atoms with E-state index in [0.717, 1.165) is 62.1 Å². The van der Waals surface area contributed by atoms with Gasteiger partial charge in [0, 0.05) is 6.61 Å². The Bertz CT molecular complexity index is 1760. The Balaban J connectivity index is 1.27. The van der Waals surface area contributed by atoms with Gasteiger partial charge < -0.3 is 4.74 Å². The number of anilines is 1. The van der Waals surface area contributed by atoms with Crippen molar-refractivity contribution < 1.29 is 28.2 Å². The molecule has 4 atom stereocenters. The number of hydrogen-bond acceptors (Lipinski definition) is 6. The maximum atomic E-state index is 15.0. The van der Waals surface area contributed by atoms with Gasteiger partial charge in [0.25, 0.3) is 0 Å². The summed E-state index contributed by atoms with van der Waals surface area (Å²) < 4.78 is 32.8. The summed E-state index contributed by atoms with van der Waals surface area (Å²) in [5, 5.41) is -0.0608. The quantitative estimate of drug-likeness (QED) is 0.197. The van der Waals surface area contributed by atoms with Gasteiger partial charge in [-0.3, -0.25) is 0 Å². The number of allylic oxidation sites excluding steroid dienone is 2. The van der Waals surface area contributed by atoms with Gasteiger partial charge in [-0.1, -0.05) is 0 Å². The van der Waals surface area contributed by atoms with Crippen LogP contribution in [0.5, 0.6) is 5.75 Å². The van der Waals surface area contributed by atoms with Crippen molar-refractivity contribution in [2.75, 3.05) is 25.2 Å². The third-order valence-corrected chi connectivity index (χ3v) is 19.7. The zero-order chi connectivity index (χ0) is 37.9. The molecule has 288 valence electrons. The zero-order valence-corrected chi connectivity index (χ0v) is 35.6. The summed E-state index contributed by atoms with van der Waals surface area (Å²) in [6.45, 7) is 12.4. The van der Waals surface area contributed by atoms with E-state index in [-0.39, 0.29) is 37.2 Å². The second-order valence-electron chi connectivity index (χ2n) is 17.5. The molecule has 4 bridgehead atoms. The van der Waals surface area contributed by atoms with Gasteiger partial charge in [-0.25, -0.2) is 0 Å². The Hall–Kier alpha value is -3.01. The van der Waals surface area contributed by atoms with Crippen molar-refractivity contribution >= 4 is 39.5 Å². The monoisotopic (exact) mass is 815 g/mol. The van der Waals surface area contributed by atoms with Crippen molar-refractivity contribution in [3.05, 3.63) is 66.2 Å². The summed E-state index contributed by atoms with van der Waals surface area (Å²) >= 11 is -0.0470. The first-order chi connectivity index (χ1) is 25.9. The van der Waals surface area contributed by atoms with Gasteiger partial charge in [0.15, 0.2) is 0 Å². The van der Waals surface area contributed by atoms with Crippen LogP contribution >= 0.6 is 0 Å². The van der Waals surface area contributed by atoms with Crippen molar-refractivity contribution in [1.29, 1.82) is 0 Å². The van der Waals surface area contributed by atoms with Crippen molar-refractivity contribution in [3.8, 4) is 29.4 Å². The summed E-state index contributed by atoms with van der Waals surface area (Å²) in [4.78, 5) is 16.8. The molecule has 0 spiro atoms. The third kappa shape index (κ3) is 8.84. The topological polar surface area (TPSA) is 66.5 Å². The van der Waals surface area contributed by atoms with E-state index in [2.05, 4.69) is 93.9 Å². The first-order valence-electron chi connectivity index (χ1n) is 19.9. The van der Waals surface area contributed by atoms with Crippen molar-refractivity contribution in [1.82, 2.24) is 0 Å². The summed E-state index contributed by atoms with van der Waals surface area (Å²) in [5.41, 5.74) is 1.47. The van der Waals surface area contributed by atoms with E-state index in [1.165, 1.54) is 23.7 Å². The van der Waals surface area contributed by atoms with Crippen LogP contribution in [0.4, 0.5) is 10.5 Å². The molecular weight excluding hydrogens is 758 g/mol. The van der Waals surface area contributed by atoms with E-state index in [1.54, 1.807) is 19.3 Å². The molecule has 2 aromatic rings. The maximum absolute atomic E-state index is 15.0. The van der Waals surface area contributed by atoms with Crippen LogP contribution in [0.2, 0.25) is 18.1 Å². The van der Waals surface area contributed by atoms with Gasteiger partial charge >= 0.3 is 301 Å². The summed E-state index contributed by atoms with van der Waals surface area (Å²) in [6.07, 6.45) is 12.5. The van der Waals surface area contributed by atoms with Gasteiger partial charge in [-0.2, -0.15) is 0 Å². The van der Waals surface area contributed by atoms with Crippen LogP contribution in [0, 0.1) is 41.4 Å². The summed E-state index contributed by atoms with van der Waals surface area (Å²) in [5.74, 6) is 15.7. The first-order valence-corrected chi connectivity index (χ1v) is 24.7.